The number of anilines is 1. The standard InChI is InChI=1S/C20H24Cl2N2O4S/c1-13-5-7-16(11-18(13)21)24(29(4,26)27)15(3)20(25)23-9-10-28-17-8-6-14(2)19(22)12-17/h5-8,11-12,15H,9-10H2,1-4H3,(H,23,25)/t15-/m0/s1. The molecule has 0 spiro atoms. The number of amides is 1. The lowest BCUT2D eigenvalue weighted by atomic mass is 10.2. The van der Waals surface area contributed by atoms with Crippen molar-refractivity contribution in [3.05, 3.63) is 57.6 Å². The second-order valence-corrected chi connectivity index (χ2v) is 9.39. The van der Waals surface area contributed by atoms with E-state index in [4.69, 9.17) is 27.9 Å². The van der Waals surface area contributed by atoms with Crippen molar-refractivity contribution < 1.29 is 17.9 Å². The number of aryl methyl sites for hydroxylation is 2. The average molecular weight is 459 g/mol. The predicted molar refractivity (Wildman–Crippen MR) is 118 cm³/mol. The topological polar surface area (TPSA) is 75.7 Å². The van der Waals surface area contributed by atoms with Crippen molar-refractivity contribution >= 4 is 44.8 Å². The fourth-order valence-electron chi connectivity index (χ4n) is 2.68. The number of carbonyl (C=O) groups is 1. The highest BCUT2D eigenvalue weighted by Crippen LogP contribution is 2.26. The minimum atomic E-state index is -3.71. The maximum atomic E-state index is 12.5. The van der Waals surface area contributed by atoms with Gasteiger partial charge in [-0.05, 0) is 56.2 Å². The lowest BCUT2D eigenvalue weighted by Crippen LogP contribution is -2.48. The Morgan fingerprint density at radius 1 is 1.10 bits per heavy atom. The Hall–Kier alpha value is -1.96. The molecule has 0 bridgehead atoms. The molecular weight excluding hydrogens is 435 g/mol. The maximum absolute atomic E-state index is 12.5. The van der Waals surface area contributed by atoms with Crippen LogP contribution in [0, 0.1) is 13.8 Å². The first-order valence-electron chi connectivity index (χ1n) is 8.93. The van der Waals surface area contributed by atoms with Gasteiger partial charge >= 0.3 is 0 Å². The van der Waals surface area contributed by atoms with Gasteiger partial charge in [0.1, 0.15) is 18.4 Å². The van der Waals surface area contributed by atoms with Crippen LogP contribution in [0.15, 0.2) is 36.4 Å². The number of carbonyl (C=O) groups excluding carboxylic acids is 1. The van der Waals surface area contributed by atoms with Crippen molar-refractivity contribution in [1.29, 1.82) is 0 Å². The molecule has 2 aromatic carbocycles. The summed E-state index contributed by atoms with van der Waals surface area (Å²) in [6.45, 7) is 5.65. The third kappa shape index (κ3) is 6.26. The highest BCUT2D eigenvalue weighted by Gasteiger charge is 2.29. The zero-order chi connectivity index (χ0) is 21.8. The molecule has 0 aliphatic heterocycles. The molecule has 2 rings (SSSR count). The minimum absolute atomic E-state index is 0.209. The monoisotopic (exact) mass is 458 g/mol. The number of sulfonamides is 1. The summed E-state index contributed by atoms with van der Waals surface area (Å²) in [5, 5.41) is 3.71. The zero-order valence-electron chi connectivity index (χ0n) is 16.7. The first-order chi connectivity index (χ1) is 13.5. The molecule has 0 heterocycles. The Labute approximate surface area is 181 Å². The predicted octanol–water partition coefficient (Wildman–Crippen LogP) is 3.96. The summed E-state index contributed by atoms with van der Waals surface area (Å²) in [7, 11) is -3.71. The molecule has 0 aliphatic carbocycles. The molecule has 0 saturated carbocycles. The van der Waals surface area contributed by atoms with E-state index in [2.05, 4.69) is 5.32 Å². The van der Waals surface area contributed by atoms with E-state index in [0.717, 1.165) is 21.7 Å². The van der Waals surface area contributed by atoms with E-state index in [9.17, 15) is 13.2 Å². The van der Waals surface area contributed by atoms with E-state index in [1.54, 1.807) is 24.3 Å². The zero-order valence-corrected chi connectivity index (χ0v) is 19.0. The fourth-order valence-corrected chi connectivity index (χ4v) is 4.19. The molecule has 0 aliphatic rings. The lowest BCUT2D eigenvalue weighted by Gasteiger charge is -2.28. The van der Waals surface area contributed by atoms with Gasteiger partial charge < -0.3 is 10.1 Å². The normalized spacial score (nSPS) is 12.3. The van der Waals surface area contributed by atoms with Crippen LogP contribution in [0.3, 0.4) is 0 Å². The highest BCUT2D eigenvalue weighted by molar-refractivity contribution is 7.92. The Bertz CT molecular complexity index is 996. The molecule has 2 aromatic rings. The third-order valence-corrected chi connectivity index (χ3v) is 6.37. The van der Waals surface area contributed by atoms with Crippen LogP contribution >= 0.6 is 23.2 Å². The molecular formula is C20H24Cl2N2O4S. The van der Waals surface area contributed by atoms with E-state index >= 15 is 0 Å². The first-order valence-corrected chi connectivity index (χ1v) is 11.5. The van der Waals surface area contributed by atoms with Gasteiger partial charge in [0.05, 0.1) is 18.5 Å². The van der Waals surface area contributed by atoms with Crippen LogP contribution in [-0.4, -0.2) is 39.8 Å². The number of nitrogens with one attached hydrogen (secondary N) is 1. The Morgan fingerprint density at radius 2 is 1.69 bits per heavy atom. The summed E-state index contributed by atoms with van der Waals surface area (Å²) in [5.74, 6) is 0.146. The SMILES string of the molecule is Cc1ccc(OCCNC(=O)[C@H](C)N(c2ccc(C)c(Cl)c2)S(C)(=O)=O)cc1Cl. The van der Waals surface area contributed by atoms with Gasteiger partial charge in [0.25, 0.3) is 0 Å². The van der Waals surface area contributed by atoms with Crippen molar-refractivity contribution in [3.63, 3.8) is 0 Å². The number of hydrogen-bond acceptors (Lipinski definition) is 4. The minimum Gasteiger partial charge on any atom is -0.492 e. The van der Waals surface area contributed by atoms with Crippen molar-refractivity contribution in [2.45, 2.75) is 26.8 Å². The van der Waals surface area contributed by atoms with Crippen LogP contribution in [0.5, 0.6) is 5.75 Å². The van der Waals surface area contributed by atoms with Gasteiger partial charge in [0, 0.05) is 10.0 Å². The van der Waals surface area contributed by atoms with Gasteiger partial charge in [0.15, 0.2) is 0 Å². The van der Waals surface area contributed by atoms with Gasteiger partial charge in [0.2, 0.25) is 15.9 Å². The molecule has 29 heavy (non-hydrogen) atoms. The van der Waals surface area contributed by atoms with E-state index in [1.807, 2.05) is 19.9 Å². The van der Waals surface area contributed by atoms with Crippen molar-refractivity contribution in [3.8, 4) is 5.75 Å². The first kappa shape index (κ1) is 23.3. The third-order valence-electron chi connectivity index (χ3n) is 4.31. The summed E-state index contributed by atoms with van der Waals surface area (Å²) < 4.78 is 31.2. The highest BCUT2D eigenvalue weighted by atomic mass is 35.5. The van der Waals surface area contributed by atoms with Crippen LogP contribution in [0.2, 0.25) is 10.0 Å². The quantitative estimate of drug-likeness (QED) is 0.607. The summed E-state index contributed by atoms with van der Waals surface area (Å²) in [5.41, 5.74) is 2.09. The number of hydrogen-bond donors (Lipinski definition) is 1. The summed E-state index contributed by atoms with van der Waals surface area (Å²) in [6, 6.07) is 9.24. The van der Waals surface area contributed by atoms with Crippen LogP contribution in [-0.2, 0) is 14.8 Å². The number of rotatable bonds is 8. The Morgan fingerprint density at radius 3 is 2.24 bits per heavy atom. The maximum Gasteiger partial charge on any atom is 0.243 e. The van der Waals surface area contributed by atoms with Crippen LogP contribution in [0.4, 0.5) is 5.69 Å². The largest absolute Gasteiger partial charge is 0.492 e. The lowest BCUT2D eigenvalue weighted by molar-refractivity contribution is -0.121. The van der Waals surface area contributed by atoms with E-state index in [1.165, 1.54) is 13.0 Å². The van der Waals surface area contributed by atoms with Crippen LogP contribution < -0.4 is 14.4 Å². The van der Waals surface area contributed by atoms with Gasteiger partial charge in [-0.3, -0.25) is 9.10 Å². The molecule has 0 aromatic heterocycles. The number of benzene rings is 2. The summed E-state index contributed by atoms with van der Waals surface area (Å²) >= 11 is 12.2. The molecule has 0 unspecified atom stereocenters. The molecule has 0 fully saturated rings. The number of halogens is 2. The fraction of sp³-hybridized carbons (Fsp3) is 0.350. The smallest absolute Gasteiger partial charge is 0.243 e. The number of ether oxygens (including phenoxy) is 1. The number of nitrogens with zero attached hydrogens (tertiary/aromatic N) is 1. The second kappa shape index (κ2) is 9.69. The Balaban J connectivity index is 2.01. The van der Waals surface area contributed by atoms with Gasteiger partial charge in [-0.15, -0.1) is 0 Å². The molecule has 0 saturated heterocycles. The van der Waals surface area contributed by atoms with Crippen LogP contribution in [0.25, 0.3) is 0 Å². The van der Waals surface area contributed by atoms with Crippen molar-refractivity contribution in [1.82, 2.24) is 5.32 Å². The Kier molecular flexibility index (Phi) is 7.80. The molecule has 0 radical (unpaired) electrons. The average Bonchev–Trinajstić information content (AvgIpc) is 2.63. The summed E-state index contributed by atoms with van der Waals surface area (Å²) in [4.78, 5) is 12.5. The molecule has 1 atom stereocenters. The van der Waals surface area contributed by atoms with Gasteiger partial charge in [-0.2, -0.15) is 0 Å². The molecule has 6 nitrogen and oxygen atoms in total. The van der Waals surface area contributed by atoms with E-state index < -0.39 is 22.0 Å². The molecule has 158 valence electrons. The van der Waals surface area contributed by atoms with Gasteiger partial charge in [-0.25, -0.2) is 8.42 Å². The van der Waals surface area contributed by atoms with Gasteiger partial charge in [-0.1, -0.05) is 35.3 Å². The van der Waals surface area contributed by atoms with Crippen LogP contribution in [0.1, 0.15) is 18.1 Å². The van der Waals surface area contributed by atoms with E-state index in [0.29, 0.717) is 21.5 Å². The molecule has 1 amide bonds. The molecule has 1 N–H and O–H groups in total. The van der Waals surface area contributed by atoms with Crippen molar-refractivity contribution in [2.75, 3.05) is 23.7 Å². The van der Waals surface area contributed by atoms with E-state index in [-0.39, 0.29) is 13.2 Å². The second-order valence-electron chi connectivity index (χ2n) is 6.72. The molecule has 9 heteroatoms. The van der Waals surface area contributed by atoms with Crippen molar-refractivity contribution in [2.24, 2.45) is 0 Å². The summed E-state index contributed by atoms with van der Waals surface area (Å²) in [6.07, 6.45) is 1.05.